The number of aromatic amines is 1. The molecule has 0 unspecified atom stereocenters. The number of H-pyrrole nitrogens is 1. The van der Waals surface area contributed by atoms with Crippen molar-refractivity contribution in [2.75, 3.05) is 6.61 Å². The van der Waals surface area contributed by atoms with Gasteiger partial charge < -0.3 is 4.74 Å². The molecular formula is C18H27ClN2O. The van der Waals surface area contributed by atoms with E-state index < -0.39 is 0 Å². The van der Waals surface area contributed by atoms with Gasteiger partial charge in [0.25, 0.3) is 0 Å². The van der Waals surface area contributed by atoms with Gasteiger partial charge in [-0.25, -0.2) is 0 Å². The summed E-state index contributed by atoms with van der Waals surface area (Å²) in [5.41, 5.74) is 6.19. The van der Waals surface area contributed by atoms with Gasteiger partial charge >= 0.3 is 0 Å². The second kappa shape index (κ2) is 8.84. The largest absolute Gasteiger partial charge is 0.493 e. The van der Waals surface area contributed by atoms with E-state index in [2.05, 4.69) is 56.1 Å². The Balaban J connectivity index is 0.00000242. The number of aryl methyl sites for hydroxylation is 4. The van der Waals surface area contributed by atoms with Crippen molar-refractivity contribution in [3.05, 3.63) is 46.3 Å². The fourth-order valence-electron chi connectivity index (χ4n) is 2.57. The highest BCUT2D eigenvalue weighted by atomic mass is 35.5. The SMILES string of the molecule is Cc1ccc(C)c(OCCCCCc2c(C)n[nH]c2C)c1.Cl. The van der Waals surface area contributed by atoms with E-state index in [1.807, 2.05) is 0 Å². The predicted molar refractivity (Wildman–Crippen MR) is 94.3 cm³/mol. The van der Waals surface area contributed by atoms with Crippen LogP contribution >= 0.6 is 12.4 Å². The first-order valence-corrected chi connectivity index (χ1v) is 7.78. The molecule has 0 saturated carbocycles. The Hall–Kier alpha value is -1.48. The van der Waals surface area contributed by atoms with Gasteiger partial charge in [-0.15, -0.1) is 12.4 Å². The number of halogens is 1. The Kier molecular flexibility index (Phi) is 7.46. The topological polar surface area (TPSA) is 37.9 Å². The standard InChI is InChI=1S/C18H26N2O.ClH/c1-13-9-10-14(2)18(12-13)21-11-7-5-6-8-17-15(3)19-20-16(17)4;/h9-10,12H,5-8,11H2,1-4H3,(H,19,20);1H. The zero-order valence-corrected chi connectivity index (χ0v) is 14.8. The van der Waals surface area contributed by atoms with Crippen LogP contribution in [0.4, 0.5) is 0 Å². The summed E-state index contributed by atoms with van der Waals surface area (Å²) < 4.78 is 5.88. The van der Waals surface area contributed by atoms with E-state index in [-0.39, 0.29) is 12.4 Å². The minimum Gasteiger partial charge on any atom is -0.493 e. The molecule has 1 aromatic heterocycles. The lowest BCUT2D eigenvalue weighted by atomic mass is 10.1. The molecule has 0 aliphatic heterocycles. The normalized spacial score (nSPS) is 10.4. The molecule has 1 aromatic carbocycles. The molecule has 0 fully saturated rings. The lowest BCUT2D eigenvalue weighted by Gasteiger charge is -2.10. The lowest BCUT2D eigenvalue weighted by Crippen LogP contribution is -2.00. The van der Waals surface area contributed by atoms with Crippen molar-refractivity contribution in [2.24, 2.45) is 0 Å². The smallest absolute Gasteiger partial charge is 0.122 e. The van der Waals surface area contributed by atoms with Crippen LogP contribution in [-0.2, 0) is 6.42 Å². The van der Waals surface area contributed by atoms with Crippen LogP contribution in [-0.4, -0.2) is 16.8 Å². The zero-order chi connectivity index (χ0) is 15.2. The minimum absolute atomic E-state index is 0. The molecule has 0 saturated heterocycles. The monoisotopic (exact) mass is 322 g/mol. The first kappa shape index (κ1) is 18.6. The number of benzene rings is 1. The second-order valence-electron chi connectivity index (χ2n) is 5.84. The van der Waals surface area contributed by atoms with E-state index in [0.717, 1.165) is 30.9 Å². The quantitative estimate of drug-likeness (QED) is 0.739. The molecule has 2 aromatic rings. The molecule has 0 radical (unpaired) electrons. The third-order valence-electron chi connectivity index (χ3n) is 3.95. The molecule has 1 N–H and O–H groups in total. The average molecular weight is 323 g/mol. The van der Waals surface area contributed by atoms with Gasteiger partial charge in [0.1, 0.15) is 5.75 Å². The van der Waals surface area contributed by atoms with Crippen LogP contribution in [0.3, 0.4) is 0 Å². The highest BCUT2D eigenvalue weighted by molar-refractivity contribution is 5.85. The molecular weight excluding hydrogens is 296 g/mol. The van der Waals surface area contributed by atoms with Crippen LogP contribution in [0.2, 0.25) is 0 Å². The molecule has 0 spiro atoms. The number of nitrogens with zero attached hydrogens (tertiary/aromatic N) is 1. The summed E-state index contributed by atoms with van der Waals surface area (Å²) in [4.78, 5) is 0. The first-order valence-electron chi connectivity index (χ1n) is 7.78. The Labute approximate surface area is 139 Å². The van der Waals surface area contributed by atoms with Crippen LogP contribution < -0.4 is 4.74 Å². The number of unbranched alkanes of at least 4 members (excludes halogenated alkanes) is 2. The van der Waals surface area contributed by atoms with E-state index in [1.165, 1.54) is 35.2 Å². The maximum atomic E-state index is 5.88. The van der Waals surface area contributed by atoms with E-state index in [0.29, 0.717) is 0 Å². The summed E-state index contributed by atoms with van der Waals surface area (Å²) in [6.45, 7) is 9.16. The van der Waals surface area contributed by atoms with Crippen molar-refractivity contribution in [1.82, 2.24) is 10.2 Å². The molecule has 0 bridgehead atoms. The minimum atomic E-state index is 0. The third kappa shape index (κ3) is 5.06. The van der Waals surface area contributed by atoms with E-state index in [9.17, 15) is 0 Å². The predicted octanol–water partition coefficient (Wildman–Crippen LogP) is 4.86. The Bertz CT molecular complexity index is 573. The fraction of sp³-hybridized carbons (Fsp3) is 0.500. The number of hydrogen-bond donors (Lipinski definition) is 1. The van der Waals surface area contributed by atoms with Crippen molar-refractivity contribution in [2.45, 2.75) is 53.4 Å². The van der Waals surface area contributed by atoms with Crippen LogP contribution in [0.25, 0.3) is 0 Å². The van der Waals surface area contributed by atoms with Crippen molar-refractivity contribution >= 4 is 12.4 Å². The summed E-state index contributed by atoms with van der Waals surface area (Å²) in [5.74, 6) is 1.02. The van der Waals surface area contributed by atoms with Crippen LogP contribution in [0.15, 0.2) is 18.2 Å². The van der Waals surface area contributed by atoms with Crippen molar-refractivity contribution in [1.29, 1.82) is 0 Å². The fourth-order valence-corrected chi connectivity index (χ4v) is 2.57. The summed E-state index contributed by atoms with van der Waals surface area (Å²) >= 11 is 0. The molecule has 2 rings (SSSR count). The van der Waals surface area contributed by atoms with E-state index in [1.54, 1.807) is 0 Å². The number of nitrogens with one attached hydrogen (secondary N) is 1. The van der Waals surface area contributed by atoms with Gasteiger partial charge in [0, 0.05) is 5.69 Å². The van der Waals surface area contributed by atoms with Crippen molar-refractivity contribution in [3.63, 3.8) is 0 Å². The van der Waals surface area contributed by atoms with Crippen LogP contribution in [0.1, 0.15) is 47.3 Å². The first-order chi connectivity index (χ1) is 10.1. The van der Waals surface area contributed by atoms with Gasteiger partial charge in [0.2, 0.25) is 0 Å². The third-order valence-corrected chi connectivity index (χ3v) is 3.95. The molecule has 122 valence electrons. The molecule has 4 heteroatoms. The van der Waals surface area contributed by atoms with Gasteiger partial charge in [-0.1, -0.05) is 12.1 Å². The summed E-state index contributed by atoms with van der Waals surface area (Å²) in [7, 11) is 0. The molecule has 0 aliphatic carbocycles. The van der Waals surface area contributed by atoms with Crippen LogP contribution in [0, 0.1) is 27.7 Å². The highest BCUT2D eigenvalue weighted by Crippen LogP contribution is 2.19. The van der Waals surface area contributed by atoms with Crippen LogP contribution in [0.5, 0.6) is 5.75 Å². The molecule has 0 amide bonds. The molecule has 0 aliphatic rings. The highest BCUT2D eigenvalue weighted by Gasteiger charge is 2.05. The summed E-state index contributed by atoms with van der Waals surface area (Å²) in [6, 6.07) is 6.36. The number of hydrogen-bond acceptors (Lipinski definition) is 2. The van der Waals surface area contributed by atoms with Gasteiger partial charge in [-0.2, -0.15) is 5.10 Å². The Morgan fingerprint density at radius 3 is 2.50 bits per heavy atom. The van der Waals surface area contributed by atoms with Gasteiger partial charge in [-0.05, 0) is 76.1 Å². The lowest BCUT2D eigenvalue weighted by molar-refractivity contribution is 0.303. The molecule has 22 heavy (non-hydrogen) atoms. The molecule has 0 atom stereocenters. The van der Waals surface area contributed by atoms with Crippen molar-refractivity contribution < 1.29 is 4.74 Å². The van der Waals surface area contributed by atoms with Crippen molar-refractivity contribution in [3.8, 4) is 5.75 Å². The Morgan fingerprint density at radius 2 is 1.82 bits per heavy atom. The maximum absolute atomic E-state index is 5.88. The second-order valence-corrected chi connectivity index (χ2v) is 5.84. The van der Waals surface area contributed by atoms with E-state index >= 15 is 0 Å². The number of rotatable bonds is 7. The summed E-state index contributed by atoms with van der Waals surface area (Å²) in [5, 5.41) is 7.29. The summed E-state index contributed by atoms with van der Waals surface area (Å²) in [6.07, 6.45) is 4.59. The van der Waals surface area contributed by atoms with Gasteiger partial charge in [0.05, 0.1) is 12.3 Å². The Morgan fingerprint density at radius 1 is 1.05 bits per heavy atom. The number of ether oxygens (including phenoxy) is 1. The number of aromatic nitrogens is 2. The zero-order valence-electron chi connectivity index (χ0n) is 14.0. The van der Waals surface area contributed by atoms with E-state index in [4.69, 9.17) is 4.74 Å². The van der Waals surface area contributed by atoms with Gasteiger partial charge in [-0.3, -0.25) is 5.10 Å². The average Bonchev–Trinajstić information content (AvgIpc) is 2.77. The molecule has 3 nitrogen and oxygen atoms in total. The molecule has 1 heterocycles. The maximum Gasteiger partial charge on any atom is 0.122 e. The van der Waals surface area contributed by atoms with Gasteiger partial charge in [0.15, 0.2) is 0 Å².